The molecular weight excluding hydrogens is 460 g/mol. The standard InChI is InChI=1S/C22H39F2N9O2/c1-31-10-14(11-31)28-21(34)12-2-4-32(5-3-12)18-15(24)7-26-8-16(18)29-22(35)17-19(25)30-33-9-13(23)6-27-20(17)33/h12-20,26-27,30H,2-11,25H2,1H3,(H,28,34)(H,29,35). The number of hydrogen-bond donors (Lipinski definition) is 6. The van der Waals surface area contributed by atoms with Crippen LogP contribution in [0.15, 0.2) is 0 Å². The van der Waals surface area contributed by atoms with Gasteiger partial charge in [0.2, 0.25) is 11.8 Å². The van der Waals surface area contributed by atoms with Gasteiger partial charge >= 0.3 is 0 Å². The quantitative estimate of drug-likeness (QED) is 0.233. The lowest BCUT2D eigenvalue weighted by molar-refractivity contribution is -0.129. The number of nitrogens with zero attached hydrogens (tertiary/aromatic N) is 3. The van der Waals surface area contributed by atoms with Crippen LogP contribution in [0.25, 0.3) is 0 Å². The fraction of sp³-hybridized carbons (Fsp3) is 0.909. The van der Waals surface area contributed by atoms with Gasteiger partial charge in [-0.25, -0.2) is 19.2 Å². The number of fused-ring (bicyclic) bond motifs is 1. The van der Waals surface area contributed by atoms with Crippen molar-refractivity contribution in [1.82, 2.24) is 41.5 Å². The third-order valence-corrected chi connectivity index (χ3v) is 8.17. The average Bonchev–Trinajstić information content (AvgIpc) is 3.13. The van der Waals surface area contributed by atoms with Crippen molar-refractivity contribution in [2.45, 2.75) is 55.6 Å². The second-order valence-corrected chi connectivity index (χ2v) is 10.8. The summed E-state index contributed by atoms with van der Waals surface area (Å²) in [6, 6.07) is -0.673. The van der Waals surface area contributed by atoms with E-state index in [1.54, 1.807) is 5.01 Å². The zero-order valence-corrected chi connectivity index (χ0v) is 20.3. The number of hydrazine groups is 1. The Morgan fingerprint density at radius 3 is 2.46 bits per heavy atom. The predicted molar refractivity (Wildman–Crippen MR) is 125 cm³/mol. The van der Waals surface area contributed by atoms with Gasteiger partial charge in [-0.05, 0) is 33.0 Å². The summed E-state index contributed by atoms with van der Waals surface area (Å²) in [5, 5.41) is 14.0. The number of likely N-dealkylation sites (N-methyl/N-ethyl adjacent to an activating group) is 1. The van der Waals surface area contributed by atoms with Crippen LogP contribution in [0.4, 0.5) is 8.78 Å². The van der Waals surface area contributed by atoms with Crippen LogP contribution in [-0.2, 0) is 9.59 Å². The molecule has 5 rings (SSSR count). The van der Waals surface area contributed by atoms with Gasteiger partial charge in [0.05, 0.1) is 36.4 Å². The van der Waals surface area contributed by atoms with Gasteiger partial charge in [0.15, 0.2) is 0 Å². The Morgan fingerprint density at radius 1 is 1.00 bits per heavy atom. The van der Waals surface area contributed by atoms with E-state index in [2.05, 4.69) is 36.5 Å². The SMILES string of the molecule is CN1CC(NC(=O)C2CCN(C3C(F)CNCC3NC(=O)C3C(N)NN4CC(F)CNC34)CC2)C1. The Morgan fingerprint density at radius 2 is 1.74 bits per heavy atom. The minimum atomic E-state index is -1.14. The molecule has 13 heteroatoms. The van der Waals surface area contributed by atoms with Crippen molar-refractivity contribution in [2.75, 3.05) is 59.4 Å². The molecule has 5 saturated heterocycles. The molecule has 0 saturated carbocycles. The fourth-order valence-electron chi connectivity index (χ4n) is 6.32. The minimum Gasteiger partial charge on any atom is -0.351 e. The highest BCUT2D eigenvalue weighted by molar-refractivity contribution is 5.81. The smallest absolute Gasteiger partial charge is 0.229 e. The molecule has 0 radical (unpaired) electrons. The van der Waals surface area contributed by atoms with E-state index in [1.807, 2.05) is 7.05 Å². The monoisotopic (exact) mass is 499 g/mol. The highest BCUT2D eigenvalue weighted by atomic mass is 19.1. The van der Waals surface area contributed by atoms with E-state index in [-0.39, 0.29) is 43.4 Å². The molecular formula is C22H39F2N9O2. The number of piperidine rings is 2. The number of nitrogens with one attached hydrogen (secondary N) is 5. The zero-order chi connectivity index (χ0) is 24.7. The molecule has 0 bridgehead atoms. The van der Waals surface area contributed by atoms with E-state index in [1.165, 1.54) is 0 Å². The largest absolute Gasteiger partial charge is 0.351 e. The van der Waals surface area contributed by atoms with Crippen molar-refractivity contribution in [3.8, 4) is 0 Å². The van der Waals surface area contributed by atoms with Gasteiger partial charge in [-0.3, -0.25) is 19.8 Å². The normalized spacial score (nSPS) is 40.2. The Balaban J connectivity index is 1.17. The second-order valence-electron chi connectivity index (χ2n) is 10.8. The Hall–Kier alpha value is -1.48. The van der Waals surface area contributed by atoms with Crippen molar-refractivity contribution in [3.63, 3.8) is 0 Å². The number of alkyl halides is 2. The summed E-state index contributed by atoms with van der Waals surface area (Å²) in [7, 11) is 2.03. The maximum Gasteiger partial charge on any atom is 0.229 e. The summed E-state index contributed by atoms with van der Waals surface area (Å²) < 4.78 is 28.9. The van der Waals surface area contributed by atoms with Crippen LogP contribution in [0.1, 0.15) is 12.8 Å². The topological polar surface area (TPSA) is 130 Å². The summed E-state index contributed by atoms with van der Waals surface area (Å²) >= 11 is 0. The Bertz CT molecular complexity index is 780. The molecule has 0 spiro atoms. The number of rotatable bonds is 5. The van der Waals surface area contributed by atoms with Crippen molar-refractivity contribution in [2.24, 2.45) is 17.6 Å². The molecule has 5 aliphatic heterocycles. The van der Waals surface area contributed by atoms with Gasteiger partial charge in [-0.15, -0.1) is 0 Å². The van der Waals surface area contributed by atoms with E-state index in [9.17, 15) is 14.0 Å². The first-order valence-electron chi connectivity index (χ1n) is 12.8. The van der Waals surface area contributed by atoms with Crippen LogP contribution in [0.2, 0.25) is 0 Å². The molecule has 0 aromatic heterocycles. The summed E-state index contributed by atoms with van der Waals surface area (Å²) in [5.41, 5.74) is 9.16. The van der Waals surface area contributed by atoms with Crippen LogP contribution >= 0.6 is 0 Å². The Kier molecular flexibility index (Phi) is 7.54. The third kappa shape index (κ3) is 5.31. The lowest BCUT2D eigenvalue weighted by Gasteiger charge is -2.45. The zero-order valence-electron chi connectivity index (χ0n) is 20.3. The number of amides is 2. The number of hydrogen-bond acceptors (Lipinski definition) is 9. The highest BCUT2D eigenvalue weighted by Crippen LogP contribution is 2.26. The molecule has 2 amide bonds. The predicted octanol–water partition coefficient (Wildman–Crippen LogP) is -3.09. The number of carbonyl (C=O) groups excluding carboxylic acids is 2. The molecule has 7 atom stereocenters. The molecule has 5 heterocycles. The molecule has 0 aromatic rings. The van der Waals surface area contributed by atoms with Crippen LogP contribution in [-0.4, -0.2) is 129 Å². The summed E-state index contributed by atoms with van der Waals surface area (Å²) in [6.45, 7) is 4.00. The van der Waals surface area contributed by atoms with E-state index < -0.39 is 42.7 Å². The second kappa shape index (κ2) is 10.5. The lowest BCUT2D eigenvalue weighted by Crippen LogP contribution is -2.67. The molecule has 0 aromatic carbocycles. The first kappa shape index (κ1) is 25.2. The number of nitrogens with two attached hydrogens (primary N) is 1. The lowest BCUT2D eigenvalue weighted by atomic mass is 9.90. The van der Waals surface area contributed by atoms with Crippen LogP contribution in [0.5, 0.6) is 0 Å². The van der Waals surface area contributed by atoms with Gasteiger partial charge in [0.1, 0.15) is 12.3 Å². The first-order valence-corrected chi connectivity index (χ1v) is 12.8. The third-order valence-electron chi connectivity index (χ3n) is 8.17. The van der Waals surface area contributed by atoms with Gasteiger partial charge in [0, 0.05) is 45.2 Å². The summed E-state index contributed by atoms with van der Waals surface area (Å²) in [6.07, 6.45) is -1.89. The maximum atomic E-state index is 15.2. The molecule has 35 heavy (non-hydrogen) atoms. The molecule has 198 valence electrons. The van der Waals surface area contributed by atoms with E-state index in [0.29, 0.717) is 32.5 Å². The average molecular weight is 500 g/mol. The number of carbonyl (C=O) groups is 2. The molecule has 5 fully saturated rings. The first-order chi connectivity index (χ1) is 16.8. The van der Waals surface area contributed by atoms with Gasteiger partial charge in [-0.1, -0.05) is 0 Å². The summed E-state index contributed by atoms with van der Waals surface area (Å²) in [5.74, 6) is -0.858. The van der Waals surface area contributed by atoms with Crippen LogP contribution in [0, 0.1) is 11.8 Å². The van der Waals surface area contributed by atoms with Gasteiger partial charge in [0.25, 0.3) is 0 Å². The van der Waals surface area contributed by atoms with Crippen molar-refractivity contribution in [3.05, 3.63) is 0 Å². The molecule has 0 aliphatic carbocycles. The van der Waals surface area contributed by atoms with E-state index in [4.69, 9.17) is 5.73 Å². The minimum absolute atomic E-state index is 0.0600. The maximum absolute atomic E-state index is 15.2. The van der Waals surface area contributed by atoms with Crippen molar-refractivity contribution < 1.29 is 18.4 Å². The van der Waals surface area contributed by atoms with Crippen LogP contribution < -0.4 is 32.4 Å². The van der Waals surface area contributed by atoms with E-state index >= 15 is 4.39 Å². The van der Waals surface area contributed by atoms with Gasteiger partial charge < -0.3 is 26.6 Å². The number of halogens is 2. The molecule has 7 N–H and O–H groups in total. The van der Waals surface area contributed by atoms with Crippen molar-refractivity contribution >= 4 is 11.8 Å². The molecule has 5 aliphatic rings. The van der Waals surface area contributed by atoms with Gasteiger partial charge in [-0.2, -0.15) is 0 Å². The highest BCUT2D eigenvalue weighted by Gasteiger charge is 2.48. The van der Waals surface area contributed by atoms with Crippen LogP contribution in [0.3, 0.4) is 0 Å². The molecule has 11 nitrogen and oxygen atoms in total. The molecule has 7 unspecified atom stereocenters. The fourth-order valence-corrected chi connectivity index (χ4v) is 6.32. The number of likely N-dealkylation sites (tertiary alicyclic amines) is 2. The van der Waals surface area contributed by atoms with E-state index in [0.717, 1.165) is 13.1 Å². The van der Waals surface area contributed by atoms with Crippen molar-refractivity contribution in [1.29, 1.82) is 0 Å². The summed E-state index contributed by atoms with van der Waals surface area (Å²) in [4.78, 5) is 30.2. The Labute approximate surface area is 204 Å².